The summed E-state index contributed by atoms with van der Waals surface area (Å²) < 4.78 is 29.2. The number of nitrogens with two attached hydrogens (primary N) is 1. The van der Waals surface area contributed by atoms with Crippen LogP contribution in [0.15, 0.2) is 65.7 Å². The highest BCUT2D eigenvalue weighted by Gasteiger charge is 2.31. The van der Waals surface area contributed by atoms with Gasteiger partial charge in [-0.1, -0.05) is 71.4 Å². The van der Waals surface area contributed by atoms with Crippen molar-refractivity contribution in [2.75, 3.05) is 43.9 Å². The van der Waals surface area contributed by atoms with Crippen LogP contribution in [0.2, 0.25) is 10.0 Å². The smallest absolute Gasteiger partial charge is 0.220 e. The van der Waals surface area contributed by atoms with Gasteiger partial charge in [-0.3, -0.25) is 4.79 Å². The summed E-state index contributed by atoms with van der Waals surface area (Å²) in [5.41, 5.74) is 5.37. The number of piperidine rings is 1. The molecule has 0 aliphatic carbocycles. The first-order chi connectivity index (χ1) is 25.1. The lowest BCUT2D eigenvalue weighted by atomic mass is 10.00. The molecule has 0 saturated carbocycles. The maximum Gasteiger partial charge on any atom is 0.220 e. The number of nitrogens with one attached hydrogen (secondary N) is 4. The van der Waals surface area contributed by atoms with Gasteiger partial charge in [-0.2, -0.15) is 0 Å². The van der Waals surface area contributed by atoms with Gasteiger partial charge in [0.1, 0.15) is 0 Å². The highest BCUT2D eigenvalue weighted by atomic mass is 35.5. The van der Waals surface area contributed by atoms with Gasteiger partial charge in [-0.25, -0.2) is 23.5 Å². The first-order valence-electron chi connectivity index (χ1n) is 17.1. The van der Waals surface area contributed by atoms with Crippen molar-refractivity contribution in [2.24, 2.45) is 5.14 Å². The van der Waals surface area contributed by atoms with E-state index < -0.39 is 15.3 Å². The molecule has 2 fully saturated rings. The van der Waals surface area contributed by atoms with Gasteiger partial charge in [0, 0.05) is 65.4 Å². The molecular formula is C36H40Cl2N8O4S2. The van der Waals surface area contributed by atoms with Crippen molar-refractivity contribution in [2.45, 2.75) is 53.8 Å². The molecule has 5 heterocycles. The number of pyridine rings is 2. The van der Waals surface area contributed by atoms with Crippen molar-refractivity contribution in [1.29, 1.82) is 0 Å². The van der Waals surface area contributed by atoms with Crippen LogP contribution in [0.1, 0.15) is 31.2 Å². The van der Waals surface area contributed by atoms with Gasteiger partial charge in [-0.15, -0.1) is 0 Å². The van der Waals surface area contributed by atoms with Crippen molar-refractivity contribution in [3.8, 4) is 28.3 Å². The minimum absolute atomic E-state index is 0.0767. The normalized spacial score (nSPS) is 19.3. The number of thioether (sulfide) groups is 1. The van der Waals surface area contributed by atoms with Crippen LogP contribution in [0.25, 0.3) is 22.4 Å². The average molecular weight is 784 g/mol. The van der Waals surface area contributed by atoms with Crippen molar-refractivity contribution in [3.05, 3.63) is 76.4 Å². The predicted octanol–water partition coefficient (Wildman–Crippen LogP) is 5.83. The zero-order valence-corrected chi connectivity index (χ0v) is 31.6. The van der Waals surface area contributed by atoms with Crippen LogP contribution in [0.3, 0.4) is 0 Å². The number of aromatic nitrogens is 2. The fourth-order valence-electron chi connectivity index (χ4n) is 6.90. The highest BCUT2D eigenvalue weighted by molar-refractivity contribution is 8.00. The molecule has 3 aliphatic rings. The largest absolute Gasteiger partial charge is 0.481 e. The number of rotatable bonds is 12. The maximum absolute atomic E-state index is 11.8. The molecule has 1 unspecified atom stereocenters. The van der Waals surface area contributed by atoms with Crippen LogP contribution in [-0.4, -0.2) is 79.1 Å². The SMILES string of the molecule is COc1nc(-c2cccc(-c3cccc(Nc4nccc5c4NC(CN4CCC(S(N)(=O)=O)CC4)S5)c3Cl)c2Cl)ccc1CNC[C@@H]1CCC(=O)N1. The van der Waals surface area contributed by atoms with Gasteiger partial charge in [-0.05, 0) is 50.6 Å². The third kappa shape index (κ3) is 8.13. The second-order valence-electron chi connectivity index (χ2n) is 13.1. The molecule has 52 heavy (non-hydrogen) atoms. The Morgan fingerprint density at radius 3 is 2.48 bits per heavy atom. The summed E-state index contributed by atoms with van der Waals surface area (Å²) in [6.07, 6.45) is 4.24. The Hall–Kier alpha value is -3.63. The van der Waals surface area contributed by atoms with E-state index in [4.69, 9.17) is 38.1 Å². The first kappa shape index (κ1) is 36.7. The summed E-state index contributed by atoms with van der Waals surface area (Å²) >= 11 is 15.9. The van der Waals surface area contributed by atoms with Gasteiger partial charge >= 0.3 is 0 Å². The van der Waals surface area contributed by atoms with Gasteiger partial charge < -0.3 is 30.9 Å². The van der Waals surface area contributed by atoms with Crippen LogP contribution in [0, 0.1) is 0 Å². The lowest BCUT2D eigenvalue weighted by molar-refractivity contribution is -0.119. The van der Waals surface area contributed by atoms with Gasteiger partial charge in [0.15, 0.2) is 5.82 Å². The van der Waals surface area contributed by atoms with Crippen LogP contribution < -0.4 is 31.1 Å². The molecule has 0 radical (unpaired) electrons. The van der Waals surface area contributed by atoms with Gasteiger partial charge in [0.2, 0.25) is 21.8 Å². The summed E-state index contributed by atoms with van der Waals surface area (Å²) in [5, 5.41) is 19.4. The number of likely N-dealkylation sites (tertiary alicyclic amines) is 1. The number of carbonyl (C=O) groups is 1. The molecule has 6 N–H and O–H groups in total. The average Bonchev–Trinajstić information content (AvgIpc) is 3.75. The number of anilines is 3. The molecule has 3 aliphatic heterocycles. The summed E-state index contributed by atoms with van der Waals surface area (Å²) in [6.45, 7) is 3.33. The van der Waals surface area contributed by atoms with E-state index in [1.165, 1.54) is 0 Å². The van der Waals surface area contributed by atoms with Crippen molar-refractivity contribution in [1.82, 2.24) is 25.5 Å². The zero-order valence-electron chi connectivity index (χ0n) is 28.5. The number of benzene rings is 2. The van der Waals surface area contributed by atoms with E-state index in [1.807, 2.05) is 54.6 Å². The number of fused-ring (bicyclic) bond motifs is 1. The lowest BCUT2D eigenvalue weighted by Crippen LogP contribution is -2.44. The molecule has 274 valence electrons. The molecule has 16 heteroatoms. The highest BCUT2D eigenvalue weighted by Crippen LogP contribution is 2.45. The number of amides is 1. The van der Waals surface area contributed by atoms with E-state index in [0.29, 0.717) is 78.6 Å². The number of carbonyl (C=O) groups excluding carboxylic acids is 1. The Morgan fingerprint density at radius 1 is 1.00 bits per heavy atom. The molecule has 0 spiro atoms. The molecule has 12 nitrogen and oxygen atoms in total. The minimum Gasteiger partial charge on any atom is -0.481 e. The molecule has 2 atom stereocenters. The molecule has 2 aromatic carbocycles. The Bertz CT molecular complexity index is 2080. The van der Waals surface area contributed by atoms with Crippen LogP contribution in [0.5, 0.6) is 5.88 Å². The molecule has 1 amide bonds. The Balaban J connectivity index is 1.05. The molecule has 4 aromatic rings. The Morgan fingerprint density at radius 2 is 1.75 bits per heavy atom. The molecule has 2 aromatic heterocycles. The van der Waals surface area contributed by atoms with Crippen molar-refractivity contribution >= 4 is 68.1 Å². The first-order valence-corrected chi connectivity index (χ1v) is 20.4. The van der Waals surface area contributed by atoms with E-state index in [9.17, 15) is 13.2 Å². The number of hydrogen-bond donors (Lipinski definition) is 5. The fraction of sp³-hybridized carbons (Fsp3) is 0.361. The topological polar surface area (TPSA) is 164 Å². The monoisotopic (exact) mass is 782 g/mol. The number of primary sulfonamides is 1. The minimum atomic E-state index is -3.51. The lowest BCUT2D eigenvalue weighted by Gasteiger charge is -2.32. The number of sulfonamides is 1. The van der Waals surface area contributed by atoms with Gasteiger partial charge in [0.05, 0.1) is 44.8 Å². The maximum atomic E-state index is 11.8. The van der Waals surface area contributed by atoms with Gasteiger partial charge in [0.25, 0.3) is 0 Å². The molecule has 0 bridgehead atoms. The van der Waals surface area contributed by atoms with E-state index in [0.717, 1.165) is 45.8 Å². The van der Waals surface area contributed by atoms with Crippen LogP contribution in [-0.2, 0) is 21.4 Å². The van der Waals surface area contributed by atoms with E-state index >= 15 is 0 Å². The van der Waals surface area contributed by atoms with E-state index in [2.05, 4.69) is 31.2 Å². The zero-order chi connectivity index (χ0) is 36.4. The van der Waals surface area contributed by atoms with Crippen LogP contribution >= 0.6 is 35.0 Å². The molecule has 7 rings (SSSR count). The third-order valence-electron chi connectivity index (χ3n) is 9.65. The van der Waals surface area contributed by atoms with Crippen molar-refractivity contribution in [3.63, 3.8) is 0 Å². The summed E-state index contributed by atoms with van der Waals surface area (Å²) in [5.74, 6) is 1.24. The van der Waals surface area contributed by atoms with E-state index in [1.54, 1.807) is 25.1 Å². The number of hydrogen-bond acceptors (Lipinski definition) is 11. The second-order valence-corrected chi connectivity index (χ2v) is 17.0. The Kier molecular flexibility index (Phi) is 11.1. The summed E-state index contributed by atoms with van der Waals surface area (Å²) in [6, 6.07) is 17.5. The fourth-order valence-corrected chi connectivity index (χ4v) is 9.55. The second kappa shape index (κ2) is 15.8. The standard InChI is InChI=1S/C36H40Cl2N8O4S2/c1-50-36-21(18-40-19-22-9-11-30(47)42-22)8-10-27(44-36)26-6-2-4-24(32(26)37)25-5-3-7-28(33(25)38)43-35-34-29(12-15-41-35)51-31(45-34)20-46-16-13-23(14-17-46)52(39,48)49/h2-8,10,12,15,22-23,31,40,45H,9,11,13-14,16-20H2,1H3,(H,41,43)(H,42,47)(H2,39,48,49)/t22-,31?/m0/s1. The van der Waals surface area contributed by atoms with E-state index in [-0.39, 0.29) is 17.3 Å². The summed E-state index contributed by atoms with van der Waals surface area (Å²) in [4.78, 5) is 24.3. The Labute approximate surface area is 317 Å². The quantitative estimate of drug-likeness (QED) is 0.117. The number of ether oxygens (including phenoxy) is 1. The number of nitrogens with zero attached hydrogens (tertiary/aromatic N) is 3. The molecule has 2 saturated heterocycles. The third-order valence-corrected chi connectivity index (χ3v) is 13.0. The predicted molar refractivity (Wildman–Crippen MR) is 208 cm³/mol. The van der Waals surface area contributed by atoms with Crippen molar-refractivity contribution < 1.29 is 17.9 Å². The number of halogens is 2. The molecular weight excluding hydrogens is 743 g/mol. The van der Waals surface area contributed by atoms with Crippen LogP contribution in [0.4, 0.5) is 17.2 Å². The summed E-state index contributed by atoms with van der Waals surface area (Å²) in [7, 11) is -1.91. The number of methoxy groups -OCH3 is 1.